The van der Waals surface area contributed by atoms with Gasteiger partial charge in [0, 0.05) is 19.6 Å². The molecule has 1 aliphatic heterocycles. The summed E-state index contributed by atoms with van der Waals surface area (Å²) in [5, 5.41) is 0. The van der Waals surface area contributed by atoms with E-state index in [4.69, 9.17) is 13.9 Å². The quantitative estimate of drug-likeness (QED) is 0.660. The third-order valence-corrected chi connectivity index (χ3v) is 9.25. The van der Waals surface area contributed by atoms with E-state index in [2.05, 4.69) is 32.9 Å². The van der Waals surface area contributed by atoms with Gasteiger partial charge in [0.15, 0.2) is 6.29 Å². The van der Waals surface area contributed by atoms with Crippen molar-refractivity contribution in [2.45, 2.75) is 57.7 Å². The minimum atomic E-state index is -1.66. The Kier molecular flexibility index (Phi) is 6.23. The maximum absolute atomic E-state index is 6.55. The first kappa shape index (κ1) is 17.3. The van der Waals surface area contributed by atoms with Crippen molar-refractivity contribution in [1.29, 1.82) is 0 Å². The lowest BCUT2D eigenvalue weighted by molar-refractivity contribution is -0.139. The Morgan fingerprint density at radius 1 is 1.09 bits per heavy atom. The average Bonchev–Trinajstić information content (AvgIpc) is 2.60. The van der Waals surface area contributed by atoms with E-state index < -0.39 is 8.32 Å². The van der Waals surface area contributed by atoms with Gasteiger partial charge in [-0.1, -0.05) is 51.1 Å². The van der Waals surface area contributed by atoms with Gasteiger partial charge >= 0.3 is 0 Å². The minimum Gasteiger partial charge on any atom is -0.546 e. The molecule has 0 aliphatic carbocycles. The number of hydrogen-bond donors (Lipinski definition) is 0. The molecule has 4 heteroatoms. The van der Waals surface area contributed by atoms with Crippen LogP contribution < -0.4 is 0 Å². The van der Waals surface area contributed by atoms with Crippen LogP contribution in [0.25, 0.3) is 0 Å². The maximum Gasteiger partial charge on any atom is 0.250 e. The summed E-state index contributed by atoms with van der Waals surface area (Å²) in [4.78, 5) is 0. The Bertz CT molecular complexity index is 474. The van der Waals surface area contributed by atoms with Crippen LogP contribution in [0.4, 0.5) is 0 Å². The molecule has 0 spiro atoms. The Morgan fingerprint density at radius 2 is 1.73 bits per heavy atom. The van der Waals surface area contributed by atoms with E-state index in [1.807, 2.05) is 24.3 Å². The standard InChI is InChI=1S/C18H28O3Si/c1-5-22(6-2,7-3)21-16-13-17(20-18(14-16)19-4)15-11-9-8-10-12-15/h8-12,14,17-18H,5-7,13H2,1-4H3/t17-,18+/m0/s1. The van der Waals surface area contributed by atoms with Crippen LogP contribution in [-0.2, 0) is 13.9 Å². The number of hydrogen-bond acceptors (Lipinski definition) is 3. The fraction of sp³-hybridized carbons (Fsp3) is 0.556. The largest absolute Gasteiger partial charge is 0.546 e. The first-order chi connectivity index (χ1) is 10.7. The summed E-state index contributed by atoms with van der Waals surface area (Å²) in [6.07, 6.45) is 2.47. The fourth-order valence-electron chi connectivity index (χ4n) is 2.96. The van der Waals surface area contributed by atoms with Gasteiger partial charge in [0.1, 0.15) is 0 Å². The Balaban J connectivity index is 2.18. The molecule has 0 radical (unpaired) electrons. The van der Waals surface area contributed by atoms with E-state index >= 15 is 0 Å². The molecule has 0 bridgehead atoms. The highest BCUT2D eigenvalue weighted by Crippen LogP contribution is 2.35. The highest BCUT2D eigenvalue weighted by Gasteiger charge is 2.34. The third kappa shape index (κ3) is 4.00. The molecule has 0 fully saturated rings. The fourth-order valence-corrected chi connectivity index (χ4v) is 5.60. The van der Waals surface area contributed by atoms with Gasteiger partial charge in [-0.3, -0.25) is 0 Å². The van der Waals surface area contributed by atoms with Crippen molar-refractivity contribution < 1.29 is 13.9 Å². The van der Waals surface area contributed by atoms with Crippen LogP contribution in [0.15, 0.2) is 42.2 Å². The van der Waals surface area contributed by atoms with E-state index in [1.54, 1.807) is 7.11 Å². The van der Waals surface area contributed by atoms with Crippen LogP contribution >= 0.6 is 0 Å². The molecule has 2 rings (SSSR count). The van der Waals surface area contributed by atoms with Crippen molar-refractivity contribution >= 4 is 8.32 Å². The van der Waals surface area contributed by atoms with Crippen LogP contribution in [0.2, 0.25) is 18.1 Å². The Hall–Kier alpha value is -1.10. The molecule has 0 saturated carbocycles. The molecule has 3 nitrogen and oxygen atoms in total. The van der Waals surface area contributed by atoms with Gasteiger partial charge in [0.05, 0.1) is 11.9 Å². The molecule has 1 aliphatic rings. The van der Waals surface area contributed by atoms with Crippen LogP contribution in [0.5, 0.6) is 0 Å². The van der Waals surface area contributed by atoms with Gasteiger partial charge in [-0.2, -0.15) is 0 Å². The lowest BCUT2D eigenvalue weighted by atomic mass is 10.0. The second-order valence-electron chi connectivity index (χ2n) is 5.82. The number of ether oxygens (including phenoxy) is 2. The summed E-state index contributed by atoms with van der Waals surface area (Å²) in [5.74, 6) is 1.05. The minimum absolute atomic E-state index is 0.00317. The molecule has 0 amide bonds. The van der Waals surface area contributed by atoms with Crippen LogP contribution in [0.3, 0.4) is 0 Å². The van der Waals surface area contributed by atoms with Gasteiger partial charge in [-0.15, -0.1) is 0 Å². The predicted octanol–water partition coefficient (Wildman–Crippen LogP) is 5.03. The molecular weight excluding hydrogens is 292 g/mol. The number of benzene rings is 1. The maximum atomic E-state index is 6.55. The molecule has 0 N–H and O–H groups in total. The van der Waals surface area contributed by atoms with E-state index in [-0.39, 0.29) is 12.4 Å². The number of methoxy groups -OCH3 is 1. The van der Waals surface area contributed by atoms with Gasteiger partial charge < -0.3 is 13.9 Å². The highest BCUT2D eigenvalue weighted by atomic mass is 28.4. The topological polar surface area (TPSA) is 27.7 Å². The van der Waals surface area contributed by atoms with E-state index in [9.17, 15) is 0 Å². The average molecular weight is 321 g/mol. The van der Waals surface area contributed by atoms with Gasteiger partial charge in [-0.25, -0.2) is 0 Å². The second kappa shape index (κ2) is 7.95. The first-order valence-corrected chi connectivity index (χ1v) is 10.8. The van der Waals surface area contributed by atoms with E-state index in [1.165, 1.54) is 5.56 Å². The summed E-state index contributed by atoms with van der Waals surface area (Å²) in [5.41, 5.74) is 1.18. The van der Waals surface area contributed by atoms with Crippen molar-refractivity contribution in [3.05, 3.63) is 47.7 Å². The first-order valence-electron chi connectivity index (χ1n) is 8.29. The monoisotopic (exact) mass is 320 g/mol. The highest BCUT2D eigenvalue weighted by molar-refractivity contribution is 6.73. The zero-order valence-corrected chi connectivity index (χ0v) is 15.2. The van der Waals surface area contributed by atoms with Gasteiger partial charge in [-0.05, 0) is 23.7 Å². The smallest absolute Gasteiger partial charge is 0.250 e. The van der Waals surface area contributed by atoms with Crippen LogP contribution in [0.1, 0.15) is 38.9 Å². The summed E-state index contributed by atoms with van der Waals surface area (Å²) in [6, 6.07) is 13.8. The van der Waals surface area contributed by atoms with Crippen molar-refractivity contribution in [2.75, 3.05) is 7.11 Å². The van der Waals surface area contributed by atoms with Gasteiger partial charge in [0.25, 0.3) is 0 Å². The molecular formula is C18H28O3Si. The number of rotatable bonds is 7. The van der Waals surface area contributed by atoms with Crippen molar-refractivity contribution in [3.8, 4) is 0 Å². The van der Waals surface area contributed by atoms with Gasteiger partial charge in [0.2, 0.25) is 8.32 Å². The summed E-state index contributed by atoms with van der Waals surface area (Å²) < 4.78 is 18.0. The Labute approximate surface area is 135 Å². The van der Waals surface area contributed by atoms with E-state index in [0.717, 1.165) is 30.3 Å². The summed E-state index contributed by atoms with van der Waals surface area (Å²) in [6.45, 7) is 6.75. The molecule has 1 aromatic carbocycles. The SMILES string of the molecule is CC[Si](CC)(CC)OC1=C[C@H](OC)O[C@H](c2ccccc2)C1. The van der Waals surface area contributed by atoms with E-state index in [0.29, 0.717) is 0 Å². The van der Waals surface area contributed by atoms with Crippen LogP contribution in [0, 0.1) is 0 Å². The van der Waals surface area contributed by atoms with Crippen molar-refractivity contribution in [2.24, 2.45) is 0 Å². The van der Waals surface area contributed by atoms with Crippen molar-refractivity contribution in [3.63, 3.8) is 0 Å². The molecule has 0 saturated heterocycles. The molecule has 1 aromatic rings. The molecule has 0 aromatic heterocycles. The summed E-state index contributed by atoms with van der Waals surface area (Å²) in [7, 11) is 0.0198. The molecule has 22 heavy (non-hydrogen) atoms. The zero-order valence-electron chi connectivity index (χ0n) is 14.2. The Morgan fingerprint density at radius 3 is 2.27 bits per heavy atom. The second-order valence-corrected chi connectivity index (χ2v) is 10.5. The molecule has 0 unspecified atom stereocenters. The predicted molar refractivity (Wildman–Crippen MR) is 92.0 cm³/mol. The molecule has 122 valence electrons. The lowest BCUT2D eigenvalue weighted by Gasteiger charge is -2.35. The van der Waals surface area contributed by atoms with Crippen molar-refractivity contribution in [1.82, 2.24) is 0 Å². The lowest BCUT2D eigenvalue weighted by Crippen LogP contribution is -2.37. The molecule has 1 heterocycles. The summed E-state index contributed by atoms with van der Waals surface area (Å²) >= 11 is 0. The van der Waals surface area contributed by atoms with Crippen LogP contribution in [-0.4, -0.2) is 21.7 Å². The third-order valence-electron chi connectivity index (χ3n) is 4.69. The molecule has 2 atom stereocenters. The normalized spacial score (nSPS) is 22.3. The zero-order chi connectivity index (χ0) is 16.0.